The lowest BCUT2D eigenvalue weighted by atomic mass is 10.4. The monoisotopic (exact) mass is 213 g/mol. The Labute approximate surface area is 88.2 Å². The maximum Gasteiger partial charge on any atom is 0.320 e. The van der Waals surface area contributed by atoms with Gasteiger partial charge in [0, 0.05) is 0 Å². The normalized spacial score (nSPS) is 10.6. The molecular weight excluding hydrogens is 198 g/mol. The molecule has 0 N–H and O–H groups in total. The van der Waals surface area contributed by atoms with Gasteiger partial charge in [-0.25, -0.2) is 0 Å². The quantitative estimate of drug-likeness (QED) is 0.639. The Hall–Kier alpha value is -1.43. The molecule has 0 radical (unpaired) electrons. The number of hydrogen-bond acceptors (Lipinski definition) is 6. The highest BCUT2D eigenvalue weighted by Gasteiger charge is 2.12. The number of carbonyl (C=O) groups excluding carboxylic acids is 1. The van der Waals surface area contributed by atoms with E-state index in [9.17, 15) is 4.79 Å². The molecule has 1 heterocycles. The first-order chi connectivity index (χ1) is 7.26. The average molecular weight is 213 g/mol. The molecule has 0 fully saturated rings. The Balaban J connectivity index is 2.39. The van der Waals surface area contributed by atoms with Gasteiger partial charge in [-0.1, -0.05) is 12.1 Å². The first-order valence-corrected chi connectivity index (χ1v) is 4.89. The van der Waals surface area contributed by atoms with Crippen LogP contribution in [0.5, 0.6) is 0 Å². The summed E-state index contributed by atoms with van der Waals surface area (Å²) < 4.78 is 9.46. The smallest absolute Gasteiger partial charge is 0.320 e. The van der Waals surface area contributed by atoms with E-state index in [0.29, 0.717) is 19.0 Å². The third kappa shape index (κ3) is 4.07. The second-order valence-electron chi connectivity index (χ2n) is 2.96. The van der Waals surface area contributed by atoms with Gasteiger partial charge in [-0.05, 0) is 13.5 Å². The van der Waals surface area contributed by atoms with Gasteiger partial charge >= 0.3 is 5.97 Å². The Kier molecular flexibility index (Phi) is 4.76. The summed E-state index contributed by atoms with van der Waals surface area (Å²) in [4.78, 5) is 17.0. The lowest BCUT2D eigenvalue weighted by Crippen LogP contribution is -2.30. The van der Waals surface area contributed by atoms with Crippen molar-refractivity contribution in [3.8, 4) is 0 Å². The van der Waals surface area contributed by atoms with Crippen LogP contribution in [0.25, 0.3) is 0 Å². The lowest BCUT2D eigenvalue weighted by Gasteiger charge is -2.16. The maximum absolute atomic E-state index is 11.2. The molecule has 6 nitrogen and oxygen atoms in total. The lowest BCUT2D eigenvalue weighted by molar-refractivity contribution is -0.144. The molecule has 0 saturated heterocycles. The first-order valence-electron chi connectivity index (χ1n) is 4.89. The molecule has 15 heavy (non-hydrogen) atoms. The van der Waals surface area contributed by atoms with E-state index in [-0.39, 0.29) is 12.5 Å². The number of esters is 1. The molecular formula is C9H15N3O3. The number of rotatable bonds is 6. The fourth-order valence-corrected chi connectivity index (χ4v) is 1.13. The molecule has 0 spiro atoms. The van der Waals surface area contributed by atoms with E-state index in [2.05, 4.69) is 14.7 Å². The second kappa shape index (κ2) is 6.13. The molecule has 0 amide bonds. The zero-order chi connectivity index (χ0) is 11.1. The molecule has 1 aromatic rings. The van der Waals surface area contributed by atoms with Crippen molar-refractivity contribution in [1.82, 2.24) is 15.0 Å². The van der Waals surface area contributed by atoms with Gasteiger partial charge in [-0.3, -0.25) is 9.69 Å². The molecule has 6 heteroatoms. The minimum atomic E-state index is -0.233. The van der Waals surface area contributed by atoms with Crippen LogP contribution in [0.2, 0.25) is 0 Å². The summed E-state index contributed by atoms with van der Waals surface area (Å²) in [5.74, 6) is 0.337. The molecule has 1 aromatic heterocycles. The molecule has 0 aliphatic rings. The minimum Gasteiger partial charge on any atom is -0.465 e. The Morgan fingerprint density at radius 1 is 1.60 bits per heavy atom. The number of aromatic nitrogens is 2. The third-order valence-electron chi connectivity index (χ3n) is 1.88. The topological polar surface area (TPSA) is 68.5 Å². The zero-order valence-electron chi connectivity index (χ0n) is 8.97. The van der Waals surface area contributed by atoms with Gasteiger partial charge < -0.3 is 9.26 Å². The number of nitrogens with zero attached hydrogens (tertiary/aromatic N) is 3. The van der Waals surface area contributed by atoms with Crippen molar-refractivity contribution in [2.45, 2.75) is 20.4 Å². The van der Waals surface area contributed by atoms with Gasteiger partial charge in [-0.2, -0.15) is 4.98 Å². The first kappa shape index (κ1) is 11.6. The van der Waals surface area contributed by atoms with E-state index in [1.54, 1.807) is 6.92 Å². The van der Waals surface area contributed by atoms with Crippen LogP contribution >= 0.6 is 0 Å². The molecule has 0 saturated carbocycles. The van der Waals surface area contributed by atoms with E-state index < -0.39 is 0 Å². The highest BCUT2D eigenvalue weighted by Crippen LogP contribution is 1.98. The highest BCUT2D eigenvalue weighted by atomic mass is 16.5. The molecule has 0 aliphatic carbocycles. The largest absolute Gasteiger partial charge is 0.465 e. The predicted octanol–water partition coefficient (Wildman–Crippen LogP) is 0.455. The standard InChI is InChI=1S/C9H15N3O3/c1-3-12(6-9(13)14-4-2)5-8-10-7-15-11-8/h7H,3-6H2,1-2H3. The Morgan fingerprint density at radius 3 is 2.93 bits per heavy atom. The number of carbonyl (C=O) groups is 1. The number of hydrogen-bond donors (Lipinski definition) is 0. The molecule has 0 unspecified atom stereocenters. The highest BCUT2D eigenvalue weighted by molar-refractivity contribution is 5.71. The fraction of sp³-hybridized carbons (Fsp3) is 0.667. The molecule has 0 aliphatic heterocycles. The second-order valence-corrected chi connectivity index (χ2v) is 2.96. The Morgan fingerprint density at radius 2 is 2.40 bits per heavy atom. The Bertz CT molecular complexity index is 287. The van der Waals surface area contributed by atoms with E-state index >= 15 is 0 Å². The van der Waals surface area contributed by atoms with Crippen molar-refractivity contribution in [3.63, 3.8) is 0 Å². The summed E-state index contributed by atoms with van der Waals surface area (Å²) in [6.45, 7) is 5.61. The predicted molar refractivity (Wildman–Crippen MR) is 51.9 cm³/mol. The average Bonchev–Trinajstić information content (AvgIpc) is 2.70. The molecule has 1 rings (SSSR count). The zero-order valence-corrected chi connectivity index (χ0v) is 8.97. The molecule has 84 valence electrons. The van der Waals surface area contributed by atoms with Gasteiger partial charge in [0.15, 0.2) is 5.82 Å². The van der Waals surface area contributed by atoms with Crippen molar-refractivity contribution in [2.24, 2.45) is 0 Å². The summed E-state index contributed by atoms with van der Waals surface area (Å²) in [5, 5.41) is 3.68. The van der Waals surface area contributed by atoms with E-state index in [4.69, 9.17) is 4.74 Å². The van der Waals surface area contributed by atoms with Gasteiger partial charge in [0.2, 0.25) is 6.39 Å². The summed E-state index contributed by atoms with van der Waals surface area (Å²) >= 11 is 0. The van der Waals surface area contributed by atoms with Crippen LogP contribution < -0.4 is 0 Å². The van der Waals surface area contributed by atoms with Crippen molar-refractivity contribution in [3.05, 3.63) is 12.2 Å². The summed E-state index contributed by atoms with van der Waals surface area (Å²) in [7, 11) is 0. The SMILES string of the molecule is CCOC(=O)CN(CC)Cc1ncon1. The van der Waals surface area contributed by atoms with Crippen LogP contribution in [-0.4, -0.2) is 40.7 Å². The summed E-state index contributed by atoms with van der Waals surface area (Å²) in [5.41, 5.74) is 0. The summed E-state index contributed by atoms with van der Waals surface area (Å²) in [6, 6.07) is 0. The number of likely N-dealkylation sites (N-methyl/N-ethyl adjacent to an activating group) is 1. The van der Waals surface area contributed by atoms with Gasteiger partial charge in [0.25, 0.3) is 0 Å². The fourth-order valence-electron chi connectivity index (χ4n) is 1.13. The van der Waals surface area contributed by atoms with Crippen LogP contribution in [0.4, 0.5) is 0 Å². The van der Waals surface area contributed by atoms with Crippen molar-refractivity contribution >= 4 is 5.97 Å². The van der Waals surface area contributed by atoms with Crippen LogP contribution in [0.1, 0.15) is 19.7 Å². The van der Waals surface area contributed by atoms with Crippen molar-refractivity contribution in [1.29, 1.82) is 0 Å². The summed E-state index contributed by atoms with van der Waals surface area (Å²) in [6.07, 6.45) is 1.27. The van der Waals surface area contributed by atoms with Crippen molar-refractivity contribution < 1.29 is 14.1 Å². The van der Waals surface area contributed by atoms with Crippen molar-refractivity contribution in [2.75, 3.05) is 19.7 Å². The van der Waals surface area contributed by atoms with E-state index in [1.807, 2.05) is 11.8 Å². The number of ether oxygens (including phenoxy) is 1. The molecule has 0 bridgehead atoms. The third-order valence-corrected chi connectivity index (χ3v) is 1.88. The molecule has 0 aromatic carbocycles. The minimum absolute atomic E-state index is 0.233. The van der Waals surface area contributed by atoms with E-state index in [1.165, 1.54) is 6.39 Å². The van der Waals surface area contributed by atoms with Crippen LogP contribution in [0, 0.1) is 0 Å². The van der Waals surface area contributed by atoms with Gasteiger partial charge in [0.1, 0.15) is 0 Å². The van der Waals surface area contributed by atoms with Gasteiger partial charge in [0.05, 0.1) is 19.7 Å². The van der Waals surface area contributed by atoms with Crippen LogP contribution in [0.15, 0.2) is 10.9 Å². The van der Waals surface area contributed by atoms with Crippen LogP contribution in [-0.2, 0) is 16.1 Å². The maximum atomic E-state index is 11.2. The van der Waals surface area contributed by atoms with E-state index in [0.717, 1.165) is 6.54 Å². The van der Waals surface area contributed by atoms with Gasteiger partial charge in [-0.15, -0.1) is 0 Å². The van der Waals surface area contributed by atoms with Crippen LogP contribution in [0.3, 0.4) is 0 Å². The molecule has 0 atom stereocenters.